The minimum absolute atomic E-state index is 0.0844. The molecule has 0 aliphatic rings. The van der Waals surface area contributed by atoms with Crippen LogP contribution in [0.4, 0.5) is 0 Å². The highest BCUT2D eigenvalue weighted by atomic mass is 35.5. The minimum Gasteiger partial charge on any atom is -0.289 e. The fraction of sp³-hybridized carbons (Fsp3) is 0.125. The van der Waals surface area contributed by atoms with Gasteiger partial charge in [-0.25, -0.2) is 18.6 Å². The summed E-state index contributed by atoms with van der Waals surface area (Å²) in [5.41, 5.74) is 1.30. The SMILES string of the molecule is O=C(CNS(=O)(=O)c1ccc(Cl)c(Cl)c1)NO. The van der Waals surface area contributed by atoms with Crippen LogP contribution in [-0.4, -0.2) is 26.1 Å². The molecule has 0 aliphatic heterocycles. The smallest absolute Gasteiger partial charge is 0.258 e. The molecule has 0 spiro atoms. The van der Waals surface area contributed by atoms with Crippen molar-refractivity contribution in [2.75, 3.05) is 6.54 Å². The molecular formula is C8H8Cl2N2O4S. The molecule has 1 aromatic rings. The van der Waals surface area contributed by atoms with Crippen molar-refractivity contribution in [3.05, 3.63) is 28.2 Å². The maximum Gasteiger partial charge on any atom is 0.258 e. The number of carbonyl (C=O) groups is 1. The van der Waals surface area contributed by atoms with E-state index in [0.29, 0.717) is 0 Å². The fourth-order valence-electron chi connectivity index (χ4n) is 0.927. The van der Waals surface area contributed by atoms with Crippen LogP contribution in [0.15, 0.2) is 23.1 Å². The molecule has 1 amide bonds. The number of halogens is 2. The van der Waals surface area contributed by atoms with Crippen LogP contribution in [0.25, 0.3) is 0 Å². The molecule has 0 unspecified atom stereocenters. The van der Waals surface area contributed by atoms with Gasteiger partial charge in [0.05, 0.1) is 21.5 Å². The Morgan fingerprint density at radius 3 is 2.47 bits per heavy atom. The van der Waals surface area contributed by atoms with Crippen LogP contribution in [0.3, 0.4) is 0 Å². The second-order valence-electron chi connectivity index (χ2n) is 2.94. The molecule has 0 saturated carbocycles. The molecule has 17 heavy (non-hydrogen) atoms. The summed E-state index contributed by atoms with van der Waals surface area (Å²) < 4.78 is 25.3. The Hall–Kier alpha value is -0.860. The van der Waals surface area contributed by atoms with Crippen LogP contribution in [0.1, 0.15) is 0 Å². The number of hydrogen-bond donors (Lipinski definition) is 3. The van der Waals surface area contributed by atoms with Crippen molar-refractivity contribution in [1.82, 2.24) is 10.2 Å². The Morgan fingerprint density at radius 2 is 1.94 bits per heavy atom. The Labute approximate surface area is 108 Å². The van der Waals surface area contributed by atoms with Crippen LogP contribution in [0.5, 0.6) is 0 Å². The van der Waals surface area contributed by atoms with E-state index in [-0.39, 0.29) is 14.9 Å². The van der Waals surface area contributed by atoms with Crippen LogP contribution < -0.4 is 10.2 Å². The summed E-state index contributed by atoms with van der Waals surface area (Å²) in [7, 11) is -3.87. The van der Waals surface area contributed by atoms with Crippen molar-refractivity contribution < 1.29 is 18.4 Å². The van der Waals surface area contributed by atoms with E-state index in [1.165, 1.54) is 17.6 Å². The molecule has 0 radical (unpaired) electrons. The summed E-state index contributed by atoms with van der Waals surface area (Å²) in [6.07, 6.45) is 0. The van der Waals surface area contributed by atoms with Gasteiger partial charge in [0.1, 0.15) is 0 Å². The summed E-state index contributed by atoms with van der Waals surface area (Å²) in [4.78, 5) is 10.5. The monoisotopic (exact) mass is 298 g/mol. The van der Waals surface area contributed by atoms with Crippen molar-refractivity contribution in [3.63, 3.8) is 0 Å². The van der Waals surface area contributed by atoms with Crippen LogP contribution in [-0.2, 0) is 14.8 Å². The predicted molar refractivity (Wildman–Crippen MR) is 61.6 cm³/mol. The van der Waals surface area contributed by atoms with Crippen molar-refractivity contribution in [2.45, 2.75) is 4.90 Å². The zero-order chi connectivity index (χ0) is 13.1. The molecule has 6 nitrogen and oxygen atoms in total. The first-order valence-electron chi connectivity index (χ1n) is 4.24. The molecule has 0 bridgehead atoms. The van der Waals surface area contributed by atoms with Gasteiger partial charge in [-0.2, -0.15) is 0 Å². The second-order valence-corrected chi connectivity index (χ2v) is 5.52. The van der Waals surface area contributed by atoms with Gasteiger partial charge in [-0.1, -0.05) is 23.2 Å². The highest BCUT2D eigenvalue weighted by Crippen LogP contribution is 2.24. The zero-order valence-corrected chi connectivity index (χ0v) is 10.6. The summed E-state index contributed by atoms with van der Waals surface area (Å²) in [6.45, 7) is -0.584. The molecule has 0 aromatic heterocycles. The van der Waals surface area contributed by atoms with E-state index in [4.69, 9.17) is 28.4 Å². The van der Waals surface area contributed by atoms with E-state index in [1.807, 2.05) is 4.72 Å². The highest BCUT2D eigenvalue weighted by Gasteiger charge is 2.16. The maximum atomic E-state index is 11.6. The number of hydroxylamine groups is 1. The molecule has 9 heteroatoms. The third-order valence-corrected chi connectivity index (χ3v) is 3.89. The summed E-state index contributed by atoms with van der Waals surface area (Å²) in [5, 5.41) is 8.52. The largest absolute Gasteiger partial charge is 0.289 e. The van der Waals surface area contributed by atoms with E-state index in [0.717, 1.165) is 6.07 Å². The summed E-state index contributed by atoms with van der Waals surface area (Å²) in [6, 6.07) is 3.72. The van der Waals surface area contributed by atoms with Gasteiger partial charge in [-0.3, -0.25) is 10.0 Å². The number of amides is 1. The molecule has 1 aromatic carbocycles. The van der Waals surface area contributed by atoms with Gasteiger partial charge in [0, 0.05) is 0 Å². The lowest BCUT2D eigenvalue weighted by Gasteiger charge is -2.06. The van der Waals surface area contributed by atoms with E-state index < -0.39 is 22.5 Å². The molecule has 3 N–H and O–H groups in total. The first-order chi connectivity index (χ1) is 7.86. The molecule has 0 atom stereocenters. The fourth-order valence-corrected chi connectivity index (χ4v) is 2.30. The van der Waals surface area contributed by atoms with E-state index in [2.05, 4.69) is 0 Å². The summed E-state index contributed by atoms with van der Waals surface area (Å²) in [5.74, 6) is -0.881. The lowest BCUT2D eigenvalue weighted by Crippen LogP contribution is -2.35. The Balaban J connectivity index is 2.90. The third-order valence-electron chi connectivity index (χ3n) is 1.75. The predicted octanol–water partition coefficient (Wildman–Crippen LogP) is 0.777. The molecule has 1 rings (SSSR count). The third kappa shape index (κ3) is 3.83. The zero-order valence-electron chi connectivity index (χ0n) is 8.28. The quantitative estimate of drug-likeness (QED) is 0.565. The standard InChI is InChI=1S/C8H8Cl2N2O4S/c9-6-2-1-5(3-7(6)10)17(15,16)11-4-8(13)12-14/h1-3,11,14H,4H2,(H,12,13). The Morgan fingerprint density at radius 1 is 1.29 bits per heavy atom. The lowest BCUT2D eigenvalue weighted by atomic mass is 10.4. The number of rotatable bonds is 4. The van der Waals surface area contributed by atoms with Gasteiger partial charge < -0.3 is 0 Å². The van der Waals surface area contributed by atoms with Gasteiger partial charge in [0.25, 0.3) is 5.91 Å². The van der Waals surface area contributed by atoms with Crippen LogP contribution in [0.2, 0.25) is 10.0 Å². The van der Waals surface area contributed by atoms with Gasteiger partial charge in [0.15, 0.2) is 0 Å². The summed E-state index contributed by atoms with van der Waals surface area (Å²) >= 11 is 11.3. The first kappa shape index (κ1) is 14.2. The molecule has 94 valence electrons. The average Bonchev–Trinajstić information content (AvgIpc) is 2.29. The Bertz CT molecular complexity index is 532. The van der Waals surface area contributed by atoms with Gasteiger partial charge in [-0.05, 0) is 18.2 Å². The van der Waals surface area contributed by atoms with Gasteiger partial charge in [-0.15, -0.1) is 0 Å². The van der Waals surface area contributed by atoms with E-state index in [9.17, 15) is 13.2 Å². The lowest BCUT2D eigenvalue weighted by molar-refractivity contribution is -0.127. The number of hydrogen-bond acceptors (Lipinski definition) is 4. The van der Waals surface area contributed by atoms with Crippen LogP contribution >= 0.6 is 23.2 Å². The van der Waals surface area contributed by atoms with Gasteiger partial charge >= 0.3 is 0 Å². The topological polar surface area (TPSA) is 95.5 Å². The first-order valence-corrected chi connectivity index (χ1v) is 6.48. The number of benzene rings is 1. The van der Waals surface area contributed by atoms with E-state index in [1.54, 1.807) is 0 Å². The number of sulfonamides is 1. The molecule has 0 heterocycles. The average molecular weight is 299 g/mol. The van der Waals surface area contributed by atoms with Crippen molar-refractivity contribution in [3.8, 4) is 0 Å². The molecular weight excluding hydrogens is 291 g/mol. The van der Waals surface area contributed by atoms with Crippen molar-refractivity contribution in [2.24, 2.45) is 0 Å². The van der Waals surface area contributed by atoms with Crippen molar-refractivity contribution >= 4 is 39.1 Å². The normalized spacial score (nSPS) is 11.2. The van der Waals surface area contributed by atoms with E-state index >= 15 is 0 Å². The number of carbonyl (C=O) groups excluding carboxylic acids is 1. The minimum atomic E-state index is -3.87. The van der Waals surface area contributed by atoms with Gasteiger partial charge in [0.2, 0.25) is 10.0 Å². The molecule has 0 fully saturated rings. The molecule has 0 aliphatic carbocycles. The number of nitrogens with one attached hydrogen (secondary N) is 2. The molecule has 0 saturated heterocycles. The Kier molecular flexibility index (Phi) is 4.72. The van der Waals surface area contributed by atoms with Crippen molar-refractivity contribution in [1.29, 1.82) is 0 Å². The second kappa shape index (κ2) is 5.65. The highest BCUT2D eigenvalue weighted by molar-refractivity contribution is 7.89. The maximum absolute atomic E-state index is 11.6. The van der Waals surface area contributed by atoms with Crippen LogP contribution in [0, 0.1) is 0 Å².